The van der Waals surface area contributed by atoms with Gasteiger partial charge in [-0.15, -0.1) is 0 Å². The molecule has 2 aromatic rings. The molecular weight excluding hydrogens is 350 g/mol. The summed E-state index contributed by atoms with van der Waals surface area (Å²) in [6.07, 6.45) is 1.79. The van der Waals surface area contributed by atoms with E-state index in [2.05, 4.69) is 36.2 Å². The van der Waals surface area contributed by atoms with Gasteiger partial charge in [-0.05, 0) is 56.5 Å². The van der Waals surface area contributed by atoms with Crippen molar-refractivity contribution < 1.29 is 9.59 Å². The van der Waals surface area contributed by atoms with Gasteiger partial charge >= 0.3 is 0 Å². The predicted molar refractivity (Wildman–Crippen MR) is 116 cm³/mol. The molecule has 2 aromatic carbocycles. The quantitative estimate of drug-likeness (QED) is 0.640. The topological polar surface area (TPSA) is 52.6 Å². The Morgan fingerprint density at radius 3 is 2.07 bits per heavy atom. The molecule has 0 aliphatic heterocycles. The summed E-state index contributed by atoms with van der Waals surface area (Å²) in [7, 11) is 0. The Labute approximate surface area is 168 Å². The van der Waals surface area contributed by atoms with Gasteiger partial charge < -0.3 is 15.1 Å². The average molecular weight is 382 g/mol. The molecule has 0 saturated heterocycles. The van der Waals surface area contributed by atoms with Crippen LogP contribution in [0.15, 0.2) is 54.6 Å². The van der Waals surface area contributed by atoms with E-state index in [1.165, 1.54) is 17.4 Å². The smallest absolute Gasteiger partial charge is 0.240 e. The van der Waals surface area contributed by atoms with Gasteiger partial charge in [0.25, 0.3) is 0 Å². The summed E-state index contributed by atoms with van der Waals surface area (Å²) in [5.41, 5.74) is 3.11. The first-order chi connectivity index (χ1) is 13.5. The molecule has 0 unspecified atom stereocenters. The number of rotatable bonds is 10. The predicted octanol–water partition coefficient (Wildman–Crippen LogP) is 3.63. The molecule has 0 spiro atoms. The van der Waals surface area contributed by atoms with E-state index in [4.69, 9.17) is 0 Å². The number of amides is 2. The Morgan fingerprint density at radius 2 is 1.50 bits per heavy atom. The summed E-state index contributed by atoms with van der Waals surface area (Å²) in [5.74, 6) is -0.286. The zero-order valence-corrected chi connectivity index (χ0v) is 17.1. The van der Waals surface area contributed by atoms with Crippen LogP contribution in [0, 0.1) is 0 Å². The lowest BCUT2D eigenvalue weighted by molar-refractivity contribution is -0.123. The van der Waals surface area contributed by atoms with Crippen LogP contribution in [0.2, 0.25) is 0 Å². The Hall–Kier alpha value is -2.82. The van der Waals surface area contributed by atoms with E-state index in [1.807, 2.05) is 42.5 Å². The molecule has 28 heavy (non-hydrogen) atoms. The standard InChI is InChI=1S/C23H31N3O2/c1-4-25(5-2)21-13-15-22(16-14-21)26(19(3)27)18-23(28)24-17-9-12-20-10-7-6-8-11-20/h6-8,10-11,13-16H,4-5,9,12,17-18H2,1-3H3,(H,24,28). The van der Waals surface area contributed by atoms with Gasteiger partial charge in [-0.25, -0.2) is 0 Å². The minimum Gasteiger partial charge on any atom is -0.372 e. The number of aryl methyl sites for hydroxylation is 1. The van der Waals surface area contributed by atoms with Crippen molar-refractivity contribution in [3.63, 3.8) is 0 Å². The summed E-state index contributed by atoms with van der Waals surface area (Å²) in [4.78, 5) is 28.1. The zero-order valence-electron chi connectivity index (χ0n) is 17.1. The summed E-state index contributed by atoms with van der Waals surface area (Å²) in [6.45, 7) is 8.20. The maximum Gasteiger partial charge on any atom is 0.240 e. The summed E-state index contributed by atoms with van der Waals surface area (Å²) >= 11 is 0. The molecule has 5 nitrogen and oxygen atoms in total. The molecule has 150 valence electrons. The van der Waals surface area contributed by atoms with Crippen molar-refractivity contribution in [3.8, 4) is 0 Å². The molecule has 2 amide bonds. The molecule has 5 heteroatoms. The van der Waals surface area contributed by atoms with Gasteiger partial charge in [-0.2, -0.15) is 0 Å². The molecule has 0 bridgehead atoms. The number of carbonyl (C=O) groups excluding carboxylic acids is 2. The van der Waals surface area contributed by atoms with Crippen LogP contribution < -0.4 is 15.1 Å². The van der Waals surface area contributed by atoms with E-state index in [1.54, 1.807) is 0 Å². The van der Waals surface area contributed by atoms with Crippen LogP contribution in [0.5, 0.6) is 0 Å². The molecule has 0 aromatic heterocycles. The van der Waals surface area contributed by atoms with Crippen LogP contribution >= 0.6 is 0 Å². The van der Waals surface area contributed by atoms with E-state index < -0.39 is 0 Å². The molecule has 0 heterocycles. The minimum absolute atomic E-state index is 0.0330. The average Bonchev–Trinajstić information content (AvgIpc) is 2.71. The van der Waals surface area contributed by atoms with Crippen molar-refractivity contribution in [2.45, 2.75) is 33.6 Å². The molecule has 0 atom stereocenters. The third-order valence-corrected chi connectivity index (χ3v) is 4.78. The number of hydrogen-bond donors (Lipinski definition) is 1. The Morgan fingerprint density at radius 1 is 0.893 bits per heavy atom. The monoisotopic (exact) mass is 381 g/mol. The second-order valence-electron chi connectivity index (χ2n) is 6.73. The van der Waals surface area contributed by atoms with Crippen molar-refractivity contribution in [2.75, 3.05) is 36.0 Å². The maximum atomic E-state index is 12.3. The van der Waals surface area contributed by atoms with Gasteiger partial charge in [0.05, 0.1) is 0 Å². The molecule has 0 saturated carbocycles. The van der Waals surface area contributed by atoms with Crippen LogP contribution in [-0.4, -0.2) is 38.0 Å². The summed E-state index contributed by atoms with van der Waals surface area (Å²) in [6, 6.07) is 18.0. The first-order valence-electron chi connectivity index (χ1n) is 9.98. The lowest BCUT2D eigenvalue weighted by Crippen LogP contribution is -2.40. The highest BCUT2D eigenvalue weighted by Crippen LogP contribution is 2.21. The molecule has 2 rings (SSSR count). The van der Waals surface area contributed by atoms with Crippen molar-refractivity contribution in [3.05, 3.63) is 60.2 Å². The Balaban J connectivity index is 1.87. The van der Waals surface area contributed by atoms with E-state index in [0.717, 1.165) is 37.3 Å². The fraction of sp³-hybridized carbons (Fsp3) is 0.391. The number of hydrogen-bond acceptors (Lipinski definition) is 3. The van der Waals surface area contributed by atoms with E-state index >= 15 is 0 Å². The normalized spacial score (nSPS) is 10.4. The zero-order chi connectivity index (χ0) is 20.4. The fourth-order valence-corrected chi connectivity index (χ4v) is 3.18. The molecule has 1 N–H and O–H groups in total. The summed E-state index contributed by atoms with van der Waals surface area (Å²) in [5, 5.41) is 2.91. The lowest BCUT2D eigenvalue weighted by atomic mass is 10.1. The molecular formula is C23H31N3O2. The van der Waals surface area contributed by atoms with Gasteiger partial charge in [0.1, 0.15) is 6.54 Å². The molecule has 0 radical (unpaired) electrons. The van der Waals surface area contributed by atoms with E-state index in [-0.39, 0.29) is 18.4 Å². The fourth-order valence-electron chi connectivity index (χ4n) is 3.18. The lowest BCUT2D eigenvalue weighted by Gasteiger charge is -2.24. The van der Waals surface area contributed by atoms with Gasteiger partial charge in [-0.3, -0.25) is 9.59 Å². The van der Waals surface area contributed by atoms with Crippen LogP contribution in [0.3, 0.4) is 0 Å². The van der Waals surface area contributed by atoms with E-state index in [9.17, 15) is 9.59 Å². The number of benzene rings is 2. The first-order valence-corrected chi connectivity index (χ1v) is 9.98. The highest BCUT2D eigenvalue weighted by molar-refractivity contribution is 5.97. The molecule has 0 aliphatic rings. The minimum atomic E-state index is -0.143. The number of nitrogens with zero attached hydrogens (tertiary/aromatic N) is 2. The number of nitrogens with one attached hydrogen (secondary N) is 1. The maximum absolute atomic E-state index is 12.3. The Kier molecular flexibility index (Phi) is 8.53. The van der Waals surface area contributed by atoms with Crippen molar-refractivity contribution in [1.82, 2.24) is 5.32 Å². The van der Waals surface area contributed by atoms with Gasteiger partial charge in [0, 0.05) is 37.9 Å². The van der Waals surface area contributed by atoms with Crippen molar-refractivity contribution >= 4 is 23.2 Å². The second-order valence-corrected chi connectivity index (χ2v) is 6.73. The van der Waals surface area contributed by atoms with Gasteiger partial charge in [0.2, 0.25) is 11.8 Å². The van der Waals surface area contributed by atoms with Crippen LogP contribution in [0.25, 0.3) is 0 Å². The molecule has 0 aliphatic carbocycles. The number of carbonyl (C=O) groups is 2. The van der Waals surface area contributed by atoms with Crippen molar-refractivity contribution in [2.24, 2.45) is 0 Å². The van der Waals surface area contributed by atoms with Crippen LogP contribution in [0.1, 0.15) is 32.8 Å². The van der Waals surface area contributed by atoms with Crippen molar-refractivity contribution in [1.29, 1.82) is 0 Å². The van der Waals surface area contributed by atoms with Gasteiger partial charge in [-0.1, -0.05) is 30.3 Å². The molecule has 0 fully saturated rings. The third-order valence-electron chi connectivity index (χ3n) is 4.78. The third kappa shape index (κ3) is 6.41. The largest absolute Gasteiger partial charge is 0.372 e. The number of anilines is 2. The van der Waals surface area contributed by atoms with Crippen LogP contribution in [0.4, 0.5) is 11.4 Å². The SMILES string of the molecule is CCN(CC)c1ccc(N(CC(=O)NCCCc2ccccc2)C(C)=O)cc1. The van der Waals surface area contributed by atoms with Crippen LogP contribution in [-0.2, 0) is 16.0 Å². The summed E-state index contributed by atoms with van der Waals surface area (Å²) < 4.78 is 0. The first kappa shape index (κ1) is 21.5. The van der Waals surface area contributed by atoms with E-state index in [0.29, 0.717) is 6.54 Å². The highest BCUT2D eigenvalue weighted by Gasteiger charge is 2.16. The Bertz CT molecular complexity index is 740. The van der Waals surface area contributed by atoms with Gasteiger partial charge in [0.15, 0.2) is 0 Å². The highest BCUT2D eigenvalue weighted by atomic mass is 16.2. The second kappa shape index (κ2) is 11.1.